The first-order chi connectivity index (χ1) is 14.0. The van der Waals surface area contributed by atoms with Gasteiger partial charge in [0, 0.05) is 49.6 Å². The second kappa shape index (κ2) is 7.87. The van der Waals surface area contributed by atoms with Crippen molar-refractivity contribution >= 4 is 11.8 Å². The Labute approximate surface area is 167 Å². The number of aromatic nitrogens is 2. The predicted molar refractivity (Wildman–Crippen MR) is 105 cm³/mol. The van der Waals surface area contributed by atoms with E-state index in [1.807, 2.05) is 24.4 Å². The number of aryl methyl sites for hydroxylation is 1. The molecule has 6 nitrogen and oxygen atoms in total. The molecule has 148 valence electrons. The Morgan fingerprint density at radius 1 is 1.14 bits per heavy atom. The van der Waals surface area contributed by atoms with E-state index in [4.69, 9.17) is 0 Å². The zero-order chi connectivity index (χ0) is 20.4. The number of amides is 2. The summed E-state index contributed by atoms with van der Waals surface area (Å²) in [5.41, 5.74) is 2.49. The van der Waals surface area contributed by atoms with E-state index in [0.29, 0.717) is 23.4 Å². The molecule has 2 amide bonds. The molecule has 1 aliphatic rings. The zero-order valence-corrected chi connectivity index (χ0v) is 16.0. The summed E-state index contributed by atoms with van der Waals surface area (Å²) < 4.78 is 15.5. The van der Waals surface area contributed by atoms with Crippen LogP contribution in [0, 0.1) is 5.82 Å². The number of rotatable bonds is 4. The molecule has 7 heteroatoms. The first-order valence-corrected chi connectivity index (χ1v) is 9.41. The Kier molecular flexibility index (Phi) is 5.12. The van der Waals surface area contributed by atoms with Crippen molar-refractivity contribution in [2.75, 3.05) is 6.54 Å². The minimum Gasteiger partial charge on any atom is -0.351 e. The quantitative estimate of drug-likeness (QED) is 0.742. The van der Waals surface area contributed by atoms with Gasteiger partial charge in [-0.05, 0) is 18.2 Å². The summed E-state index contributed by atoms with van der Waals surface area (Å²) in [5, 5.41) is 7.23. The summed E-state index contributed by atoms with van der Waals surface area (Å²) >= 11 is 0. The molecule has 0 aliphatic carbocycles. The van der Waals surface area contributed by atoms with E-state index in [1.54, 1.807) is 47.0 Å². The third-order valence-corrected chi connectivity index (χ3v) is 5.07. The average molecular weight is 392 g/mol. The van der Waals surface area contributed by atoms with E-state index in [9.17, 15) is 14.0 Å². The van der Waals surface area contributed by atoms with E-state index >= 15 is 0 Å². The number of fused-ring (bicyclic) bond motifs is 1. The van der Waals surface area contributed by atoms with Crippen LogP contribution in [0.25, 0.3) is 0 Å². The Morgan fingerprint density at radius 2 is 1.86 bits per heavy atom. The van der Waals surface area contributed by atoms with Gasteiger partial charge in [-0.1, -0.05) is 36.4 Å². The molecule has 2 aromatic carbocycles. The van der Waals surface area contributed by atoms with Crippen molar-refractivity contribution in [3.8, 4) is 0 Å². The highest BCUT2D eigenvalue weighted by Crippen LogP contribution is 2.28. The first kappa shape index (κ1) is 18.9. The Hall–Kier alpha value is -3.48. The van der Waals surface area contributed by atoms with Gasteiger partial charge in [-0.3, -0.25) is 14.3 Å². The fraction of sp³-hybridized carbons (Fsp3) is 0.227. The second-order valence-electron chi connectivity index (χ2n) is 7.13. The Bertz CT molecular complexity index is 1050. The maximum Gasteiger partial charge on any atom is 0.254 e. The molecule has 3 aromatic rings. The fourth-order valence-corrected chi connectivity index (χ4v) is 3.62. The normalized spacial score (nSPS) is 15.7. The van der Waals surface area contributed by atoms with Crippen molar-refractivity contribution in [3.05, 3.63) is 89.0 Å². The lowest BCUT2D eigenvalue weighted by Crippen LogP contribution is -2.43. The maximum absolute atomic E-state index is 13.9. The van der Waals surface area contributed by atoms with Crippen LogP contribution in [-0.2, 0) is 24.9 Å². The number of carbonyl (C=O) groups excluding carboxylic acids is 2. The molecule has 0 unspecified atom stereocenters. The number of nitrogens with one attached hydrogen (secondary N) is 1. The number of hydrogen-bond donors (Lipinski definition) is 1. The van der Waals surface area contributed by atoms with Crippen LogP contribution in [0.1, 0.15) is 33.1 Å². The smallest absolute Gasteiger partial charge is 0.254 e. The van der Waals surface area contributed by atoms with Gasteiger partial charge in [0.15, 0.2) is 0 Å². The molecular formula is C22H21FN4O2. The highest BCUT2D eigenvalue weighted by Gasteiger charge is 2.35. The molecule has 29 heavy (non-hydrogen) atoms. The monoisotopic (exact) mass is 392 g/mol. The fourth-order valence-electron chi connectivity index (χ4n) is 3.62. The molecule has 0 radical (unpaired) electrons. The highest BCUT2D eigenvalue weighted by atomic mass is 19.1. The van der Waals surface area contributed by atoms with E-state index < -0.39 is 5.92 Å². The molecule has 0 saturated heterocycles. The van der Waals surface area contributed by atoms with Gasteiger partial charge in [0.25, 0.3) is 5.91 Å². The molecule has 0 spiro atoms. The number of carbonyl (C=O) groups is 2. The number of halogens is 1. The van der Waals surface area contributed by atoms with Crippen LogP contribution < -0.4 is 5.32 Å². The molecule has 0 saturated carbocycles. The summed E-state index contributed by atoms with van der Waals surface area (Å²) in [6.45, 7) is 0.700. The van der Waals surface area contributed by atoms with Crippen LogP contribution in [-0.4, -0.2) is 33.0 Å². The van der Waals surface area contributed by atoms with Crippen molar-refractivity contribution < 1.29 is 14.0 Å². The van der Waals surface area contributed by atoms with Crippen molar-refractivity contribution in [1.29, 1.82) is 0 Å². The average Bonchev–Trinajstić information content (AvgIpc) is 3.12. The van der Waals surface area contributed by atoms with E-state index in [-0.39, 0.29) is 30.7 Å². The number of nitrogens with zero attached hydrogens (tertiary/aromatic N) is 3. The minimum absolute atomic E-state index is 0.0802. The lowest BCUT2D eigenvalue weighted by Gasteiger charge is -2.31. The maximum atomic E-state index is 13.9. The molecule has 1 N–H and O–H groups in total. The predicted octanol–water partition coefficient (Wildman–Crippen LogP) is 2.62. The van der Waals surface area contributed by atoms with Gasteiger partial charge < -0.3 is 10.2 Å². The first-order valence-electron chi connectivity index (χ1n) is 9.41. The molecule has 1 atom stereocenters. The van der Waals surface area contributed by atoms with Gasteiger partial charge in [-0.25, -0.2) is 4.39 Å². The topological polar surface area (TPSA) is 67.2 Å². The second-order valence-corrected chi connectivity index (χ2v) is 7.13. The van der Waals surface area contributed by atoms with E-state index in [0.717, 1.165) is 5.56 Å². The van der Waals surface area contributed by atoms with Crippen LogP contribution in [0.3, 0.4) is 0 Å². The minimum atomic E-state index is -0.612. The standard InChI is InChI=1S/C22H21FN4O2/c1-26-12-17-13-27(22(29)15-7-3-2-4-8-15)14-18(20(17)25-26)21(28)24-11-16-9-5-6-10-19(16)23/h2-10,12,18H,11,13-14H2,1H3,(H,24,28)/t18-/m1/s1. The zero-order valence-electron chi connectivity index (χ0n) is 16.0. The van der Waals surface area contributed by atoms with Crippen LogP contribution in [0.2, 0.25) is 0 Å². The van der Waals surface area contributed by atoms with Crippen LogP contribution in [0.15, 0.2) is 60.8 Å². The van der Waals surface area contributed by atoms with Gasteiger partial charge >= 0.3 is 0 Å². The molecule has 4 rings (SSSR count). The summed E-state index contributed by atoms with van der Waals surface area (Å²) in [7, 11) is 1.79. The summed E-state index contributed by atoms with van der Waals surface area (Å²) in [6.07, 6.45) is 1.83. The Balaban J connectivity index is 1.55. The van der Waals surface area contributed by atoms with Crippen molar-refractivity contribution in [2.45, 2.75) is 19.0 Å². The van der Waals surface area contributed by atoms with Crippen LogP contribution in [0.5, 0.6) is 0 Å². The van der Waals surface area contributed by atoms with E-state index in [2.05, 4.69) is 10.4 Å². The van der Waals surface area contributed by atoms with Crippen LogP contribution in [0.4, 0.5) is 4.39 Å². The SMILES string of the molecule is Cn1cc2c(n1)[C@H](C(=O)NCc1ccccc1F)CN(C(=O)c1ccccc1)C2. The van der Waals surface area contributed by atoms with Gasteiger partial charge in [-0.15, -0.1) is 0 Å². The van der Waals surface area contributed by atoms with Crippen molar-refractivity contribution in [3.63, 3.8) is 0 Å². The number of benzene rings is 2. The van der Waals surface area contributed by atoms with Crippen LogP contribution >= 0.6 is 0 Å². The Morgan fingerprint density at radius 3 is 2.62 bits per heavy atom. The molecule has 0 fully saturated rings. The van der Waals surface area contributed by atoms with E-state index in [1.165, 1.54) is 6.07 Å². The molecule has 1 aliphatic heterocycles. The molecule has 1 aromatic heterocycles. The molecule has 2 heterocycles. The van der Waals surface area contributed by atoms with Crippen molar-refractivity contribution in [1.82, 2.24) is 20.0 Å². The molecule has 0 bridgehead atoms. The lowest BCUT2D eigenvalue weighted by atomic mass is 9.95. The molecular weight excluding hydrogens is 371 g/mol. The van der Waals surface area contributed by atoms with Gasteiger partial charge in [-0.2, -0.15) is 5.10 Å². The van der Waals surface area contributed by atoms with Gasteiger partial charge in [0.1, 0.15) is 5.82 Å². The number of hydrogen-bond acceptors (Lipinski definition) is 3. The largest absolute Gasteiger partial charge is 0.351 e. The highest BCUT2D eigenvalue weighted by molar-refractivity contribution is 5.95. The summed E-state index contributed by atoms with van der Waals surface area (Å²) in [6, 6.07) is 15.3. The van der Waals surface area contributed by atoms with Gasteiger partial charge in [0.2, 0.25) is 5.91 Å². The third kappa shape index (κ3) is 3.89. The van der Waals surface area contributed by atoms with Gasteiger partial charge in [0.05, 0.1) is 11.6 Å². The summed E-state index contributed by atoms with van der Waals surface area (Å²) in [5.74, 6) is -1.39. The lowest BCUT2D eigenvalue weighted by molar-refractivity contribution is -0.123. The third-order valence-electron chi connectivity index (χ3n) is 5.07. The van der Waals surface area contributed by atoms with Crippen molar-refractivity contribution in [2.24, 2.45) is 7.05 Å². The summed E-state index contributed by atoms with van der Waals surface area (Å²) in [4.78, 5) is 27.5.